The zero-order chi connectivity index (χ0) is 18.2. The smallest absolute Gasteiger partial charge is 0.251 e. The average Bonchev–Trinajstić information content (AvgIpc) is 2.57. The first-order valence-corrected chi connectivity index (χ1v) is 8.30. The van der Waals surface area contributed by atoms with Crippen LogP contribution in [0.3, 0.4) is 0 Å². The largest absolute Gasteiger partial charge is 0.489 e. The second kappa shape index (κ2) is 8.87. The summed E-state index contributed by atoms with van der Waals surface area (Å²) >= 11 is 0. The molecule has 0 radical (unpaired) electrons. The molecule has 0 aromatic heterocycles. The Bertz CT molecular complexity index is 741. The van der Waals surface area contributed by atoms with Crippen LogP contribution in [0, 0.1) is 6.92 Å². The van der Waals surface area contributed by atoms with E-state index < -0.39 is 0 Å². The maximum atomic E-state index is 12.2. The molecule has 0 atom stereocenters. The van der Waals surface area contributed by atoms with Gasteiger partial charge in [0.2, 0.25) is 5.91 Å². The highest BCUT2D eigenvalue weighted by Crippen LogP contribution is 2.15. The standard InChI is InChI=1S/C20H24N2O3/c1-14(2)22-19(23)12-21-20(24)17-8-5-9-18(11-17)25-13-16-7-4-6-15(3)10-16/h4-11,14H,12-13H2,1-3H3,(H,21,24)(H,22,23). The summed E-state index contributed by atoms with van der Waals surface area (Å²) < 4.78 is 5.76. The minimum atomic E-state index is -0.306. The van der Waals surface area contributed by atoms with Gasteiger partial charge in [-0.15, -0.1) is 0 Å². The average molecular weight is 340 g/mol. The molecule has 0 saturated heterocycles. The number of carbonyl (C=O) groups is 2. The summed E-state index contributed by atoms with van der Waals surface area (Å²) in [6.45, 7) is 6.16. The molecule has 0 saturated carbocycles. The van der Waals surface area contributed by atoms with Gasteiger partial charge in [0.05, 0.1) is 6.54 Å². The summed E-state index contributed by atoms with van der Waals surface area (Å²) in [7, 11) is 0. The SMILES string of the molecule is Cc1cccc(COc2cccc(C(=O)NCC(=O)NC(C)C)c2)c1. The Hall–Kier alpha value is -2.82. The number of carbonyl (C=O) groups excluding carboxylic acids is 2. The molecule has 2 aromatic carbocycles. The third-order valence-electron chi connectivity index (χ3n) is 3.44. The van der Waals surface area contributed by atoms with E-state index in [0.717, 1.165) is 5.56 Å². The fourth-order valence-corrected chi connectivity index (χ4v) is 2.33. The third kappa shape index (κ3) is 6.30. The fourth-order valence-electron chi connectivity index (χ4n) is 2.33. The zero-order valence-electron chi connectivity index (χ0n) is 14.8. The quantitative estimate of drug-likeness (QED) is 0.814. The molecule has 5 nitrogen and oxygen atoms in total. The summed E-state index contributed by atoms with van der Waals surface area (Å²) in [5.41, 5.74) is 2.70. The molecule has 0 aliphatic carbocycles. The summed E-state index contributed by atoms with van der Waals surface area (Å²) in [6.07, 6.45) is 0. The molecule has 25 heavy (non-hydrogen) atoms. The van der Waals surface area contributed by atoms with E-state index in [4.69, 9.17) is 4.74 Å². The first-order chi connectivity index (χ1) is 11.9. The van der Waals surface area contributed by atoms with Gasteiger partial charge < -0.3 is 15.4 Å². The van der Waals surface area contributed by atoms with Crippen molar-refractivity contribution in [3.8, 4) is 5.75 Å². The number of benzene rings is 2. The molecule has 0 aliphatic rings. The van der Waals surface area contributed by atoms with Gasteiger partial charge >= 0.3 is 0 Å². The predicted molar refractivity (Wildman–Crippen MR) is 97.6 cm³/mol. The molecule has 2 N–H and O–H groups in total. The molecule has 0 spiro atoms. The van der Waals surface area contributed by atoms with Gasteiger partial charge in [-0.2, -0.15) is 0 Å². The minimum absolute atomic E-state index is 0.0442. The van der Waals surface area contributed by atoms with Crippen molar-refractivity contribution in [3.63, 3.8) is 0 Å². The Kier molecular flexibility index (Phi) is 6.57. The van der Waals surface area contributed by atoms with Crippen molar-refractivity contribution in [1.29, 1.82) is 0 Å². The minimum Gasteiger partial charge on any atom is -0.489 e. The fraction of sp³-hybridized carbons (Fsp3) is 0.300. The lowest BCUT2D eigenvalue weighted by Gasteiger charge is -2.10. The van der Waals surface area contributed by atoms with Gasteiger partial charge in [-0.25, -0.2) is 0 Å². The second-order valence-corrected chi connectivity index (χ2v) is 6.21. The predicted octanol–water partition coefficient (Wildman–Crippen LogP) is 2.83. The third-order valence-corrected chi connectivity index (χ3v) is 3.44. The Morgan fingerprint density at radius 2 is 1.84 bits per heavy atom. The first-order valence-electron chi connectivity index (χ1n) is 8.30. The Morgan fingerprint density at radius 1 is 1.08 bits per heavy atom. The molecule has 0 bridgehead atoms. The number of hydrogen-bond donors (Lipinski definition) is 2. The molecule has 2 aromatic rings. The zero-order valence-corrected chi connectivity index (χ0v) is 14.8. The van der Waals surface area contributed by atoms with Gasteiger partial charge in [-0.1, -0.05) is 35.9 Å². The molecule has 2 amide bonds. The molecule has 0 heterocycles. The van der Waals surface area contributed by atoms with Crippen LogP contribution in [0.2, 0.25) is 0 Å². The van der Waals surface area contributed by atoms with Gasteiger partial charge in [0.25, 0.3) is 5.91 Å². The summed E-state index contributed by atoms with van der Waals surface area (Å²) in [5.74, 6) is 0.0934. The van der Waals surface area contributed by atoms with Gasteiger partial charge in [0.15, 0.2) is 0 Å². The Labute approximate surface area is 148 Å². The number of aryl methyl sites for hydroxylation is 1. The molecule has 5 heteroatoms. The van der Waals surface area contributed by atoms with Crippen molar-refractivity contribution >= 4 is 11.8 Å². The first kappa shape index (κ1) is 18.5. The van der Waals surface area contributed by atoms with Gasteiger partial charge in [-0.3, -0.25) is 9.59 Å². The van der Waals surface area contributed by atoms with Crippen LogP contribution in [-0.2, 0) is 11.4 Å². The van der Waals surface area contributed by atoms with E-state index in [1.807, 2.05) is 39.0 Å². The highest BCUT2D eigenvalue weighted by Gasteiger charge is 2.09. The summed E-state index contributed by atoms with van der Waals surface area (Å²) in [6, 6.07) is 15.0. The van der Waals surface area contributed by atoms with Crippen molar-refractivity contribution < 1.29 is 14.3 Å². The van der Waals surface area contributed by atoms with Crippen LogP contribution >= 0.6 is 0 Å². The maximum absolute atomic E-state index is 12.2. The van der Waals surface area contributed by atoms with E-state index in [-0.39, 0.29) is 24.4 Å². The molecule has 2 rings (SSSR count). The number of hydrogen-bond acceptors (Lipinski definition) is 3. The van der Waals surface area contributed by atoms with Gasteiger partial charge in [0.1, 0.15) is 12.4 Å². The van der Waals surface area contributed by atoms with Crippen LogP contribution in [0.4, 0.5) is 0 Å². The monoisotopic (exact) mass is 340 g/mol. The van der Waals surface area contributed by atoms with E-state index in [9.17, 15) is 9.59 Å². The van der Waals surface area contributed by atoms with E-state index in [1.54, 1.807) is 24.3 Å². The van der Waals surface area contributed by atoms with Crippen LogP contribution < -0.4 is 15.4 Å². The number of nitrogens with one attached hydrogen (secondary N) is 2. The van der Waals surface area contributed by atoms with Gasteiger partial charge in [-0.05, 0) is 44.5 Å². The molecule has 0 unspecified atom stereocenters. The Balaban J connectivity index is 1.91. The lowest BCUT2D eigenvalue weighted by Crippen LogP contribution is -2.39. The maximum Gasteiger partial charge on any atom is 0.251 e. The molecular weight excluding hydrogens is 316 g/mol. The van der Waals surface area contributed by atoms with E-state index in [0.29, 0.717) is 17.9 Å². The normalized spacial score (nSPS) is 10.4. The van der Waals surface area contributed by atoms with Gasteiger partial charge in [0, 0.05) is 11.6 Å². The summed E-state index contributed by atoms with van der Waals surface area (Å²) in [5, 5.41) is 5.33. The van der Waals surface area contributed by atoms with Crippen LogP contribution in [0.15, 0.2) is 48.5 Å². The van der Waals surface area contributed by atoms with Crippen LogP contribution in [-0.4, -0.2) is 24.4 Å². The Morgan fingerprint density at radius 3 is 2.56 bits per heavy atom. The highest BCUT2D eigenvalue weighted by atomic mass is 16.5. The molecule has 132 valence electrons. The number of rotatable bonds is 7. The van der Waals surface area contributed by atoms with Crippen molar-refractivity contribution in [2.75, 3.05) is 6.54 Å². The van der Waals surface area contributed by atoms with Crippen LogP contribution in [0.1, 0.15) is 35.3 Å². The summed E-state index contributed by atoms with van der Waals surface area (Å²) in [4.78, 5) is 23.8. The van der Waals surface area contributed by atoms with Crippen LogP contribution in [0.25, 0.3) is 0 Å². The van der Waals surface area contributed by atoms with E-state index in [2.05, 4.69) is 16.7 Å². The van der Waals surface area contributed by atoms with Crippen molar-refractivity contribution in [1.82, 2.24) is 10.6 Å². The second-order valence-electron chi connectivity index (χ2n) is 6.21. The van der Waals surface area contributed by atoms with Crippen LogP contribution in [0.5, 0.6) is 5.75 Å². The lowest BCUT2D eigenvalue weighted by atomic mass is 10.1. The number of ether oxygens (including phenoxy) is 1. The molecular formula is C20H24N2O3. The van der Waals surface area contributed by atoms with Crippen molar-refractivity contribution in [2.24, 2.45) is 0 Å². The van der Waals surface area contributed by atoms with Crippen molar-refractivity contribution in [2.45, 2.75) is 33.4 Å². The van der Waals surface area contributed by atoms with E-state index in [1.165, 1.54) is 5.56 Å². The highest BCUT2D eigenvalue weighted by molar-refractivity contribution is 5.96. The number of amides is 2. The van der Waals surface area contributed by atoms with Crippen molar-refractivity contribution in [3.05, 3.63) is 65.2 Å². The topological polar surface area (TPSA) is 67.4 Å². The molecule has 0 aliphatic heterocycles. The van der Waals surface area contributed by atoms with E-state index >= 15 is 0 Å². The molecule has 0 fully saturated rings. The lowest BCUT2D eigenvalue weighted by molar-refractivity contribution is -0.120.